The molecule has 0 fully saturated rings. The molecule has 1 aromatic carbocycles. The summed E-state index contributed by atoms with van der Waals surface area (Å²) in [6.45, 7) is 4.79. The minimum absolute atomic E-state index is 0.499. The number of aliphatic hydroxyl groups excluding tert-OH is 1. The Bertz CT molecular complexity index is 493. The molecule has 1 heterocycles. The largest absolute Gasteiger partial charge is 0.388 e. The van der Waals surface area contributed by atoms with E-state index in [1.807, 2.05) is 42.8 Å². The molecule has 17 heavy (non-hydrogen) atoms. The topological polar surface area (TPSA) is 50.9 Å². The maximum absolute atomic E-state index is 10.2. The smallest absolute Gasteiger partial charge is 0.138 e. The molecule has 1 unspecified atom stereocenters. The Morgan fingerprint density at radius 2 is 2.12 bits per heavy atom. The first kappa shape index (κ1) is 11.8. The predicted molar refractivity (Wildman–Crippen MR) is 65.5 cm³/mol. The molecule has 1 atom stereocenters. The summed E-state index contributed by atoms with van der Waals surface area (Å²) in [6, 6.07) is 7.87. The van der Waals surface area contributed by atoms with Crippen LogP contribution in [0.1, 0.15) is 30.0 Å². The fourth-order valence-corrected chi connectivity index (χ4v) is 1.95. The Hall–Kier alpha value is -1.68. The number of rotatable bonds is 4. The van der Waals surface area contributed by atoms with Crippen molar-refractivity contribution in [2.45, 2.75) is 32.9 Å². The fraction of sp³-hybridized carbons (Fsp3) is 0.385. The fourth-order valence-electron chi connectivity index (χ4n) is 1.95. The third-order valence-electron chi connectivity index (χ3n) is 2.92. The highest BCUT2D eigenvalue weighted by molar-refractivity contribution is 5.28. The zero-order chi connectivity index (χ0) is 12.3. The minimum atomic E-state index is -0.523. The van der Waals surface area contributed by atoms with E-state index in [-0.39, 0.29) is 0 Å². The first-order chi connectivity index (χ1) is 8.22. The van der Waals surface area contributed by atoms with Crippen LogP contribution in [0.25, 0.3) is 0 Å². The lowest BCUT2D eigenvalue weighted by molar-refractivity contribution is 0.173. The van der Waals surface area contributed by atoms with Gasteiger partial charge in [-0.2, -0.15) is 5.10 Å². The molecule has 0 aliphatic heterocycles. The second-order valence-electron chi connectivity index (χ2n) is 4.07. The van der Waals surface area contributed by atoms with E-state index in [0.717, 1.165) is 23.5 Å². The van der Waals surface area contributed by atoms with E-state index < -0.39 is 6.10 Å². The first-order valence-corrected chi connectivity index (χ1v) is 5.82. The van der Waals surface area contributed by atoms with Gasteiger partial charge in [0.25, 0.3) is 0 Å². The standard InChI is InChI=1S/C13H17N3O/c1-3-16-13(14-9-15-16)8-12(17)11-7-5-4-6-10(11)2/h4-7,9,12,17H,3,8H2,1-2H3. The molecule has 0 amide bonds. The summed E-state index contributed by atoms with van der Waals surface area (Å²) < 4.78 is 1.81. The summed E-state index contributed by atoms with van der Waals surface area (Å²) in [7, 11) is 0. The highest BCUT2D eigenvalue weighted by Gasteiger charge is 2.14. The van der Waals surface area contributed by atoms with Gasteiger partial charge < -0.3 is 5.11 Å². The molecule has 0 bridgehead atoms. The van der Waals surface area contributed by atoms with Crippen molar-refractivity contribution in [3.63, 3.8) is 0 Å². The van der Waals surface area contributed by atoms with Crippen LogP contribution in [-0.2, 0) is 13.0 Å². The lowest BCUT2D eigenvalue weighted by atomic mass is 10.0. The SMILES string of the molecule is CCn1ncnc1CC(O)c1ccccc1C. The molecular weight excluding hydrogens is 214 g/mol. The maximum atomic E-state index is 10.2. The van der Waals surface area contributed by atoms with Gasteiger partial charge in [0.2, 0.25) is 0 Å². The van der Waals surface area contributed by atoms with Crippen molar-refractivity contribution < 1.29 is 5.11 Å². The Kier molecular flexibility index (Phi) is 3.54. The molecule has 0 spiro atoms. The van der Waals surface area contributed by atoms with E-state index in [0.29, 0.717) is 6.42 Å². The van der Waals surface area contributed by atoms with Crippen LogP contribution in [0, 0.1) is 6.92 Å². The molecular formula is C13H17N3O. The Balaban J connectivity index is 2.17. The van der Waals surface area contributed by atoms with Crippen molar-refractivity contribution in [2.75, 3.05) is 0 Å². The third-order valence-corrected chi connectivity index (χ3v) is 2.92. The van der Waals surface area contributed by atoms with E-state index in [2.05, 4.69) is 10.1 Å². The normalized spacial score (nSPS) is 12.6. The van der Waals surface area contributed by atoms with Crippen molar-refractivity contribution in [1.29, 1.82) is 0 Å². The van der Waals surface area contributed by atoms with Crippen LogP contribution < -0.4 is 0 Å². The van der Waals surface area contributed by atoms with Crippen LogP contribution in [0.3, 0.4) is 0 Å². The number of hydrogen-bond donors (Lipinski definition) is 1. The lowest BCUT2D eigenvalue weighted by Gasteiger charge is -2.13. The first-order valence-electron chi connectivity index (χ1n) is 5.82. The molecule has 1 aromatic heterocycles. The van der Waals surface area contributed by atoms with Crippen molar-refractivity contribution in [2.24, 2.45) is 0 Å². The Morgan fingerprint density at radius 3 is 2.82 bits per heavy atom. The summed E-state index contributed by atoms with van der Waals surface area (Å²) in [6.07, 6.45) is 1.51. The van der Waals surface area contributed by atoms with Crippen LogP contribution in [0.15, 0.2) is 30.6 Å². The van der Waals surface area contributed by atoms with Gasteiger partial charge in [0.1, 0.15) is 12.2 Å². The number of aryl methyl sites for hydroxylation is 2. The molecule has 0 aliphatic rings. The van der Waals surface area contributed by atoms with Crippen molar-refractivity contribution in [3.8, 4) is 0 Å². The van der Waals surface area contributed by atoms with Crippen LogP contribution in [0.2, 0.25) is 0 Å². The van der Waals surface area contributed by atoms with Gasteiger partial charge in [0, 0.05) is 13.0 Å². The van der Waals surface area contributed by atoms with Gasteiger partial charge in [0.15, 0.2) is 0 Å². The predicted octanol–water partition coefficient (Wildman–Crippen LogP) is 1.88. The quantitative estimate of drug-likeness (QED) is 0.874. The van der Waals surface area contributed by atoms with Gasteiger partial charge in [-0.1, -0.05) is 24.3 Å². The van der Waals surface area contributed by atoms with Crippen molar-refractivity contribution in [3.05, 3.63) is 47.5 Å². The lowest BCUT2D eigenvalue weighted by Crippen LogP contribution is -2.10. The van der Waals surface area contributed by atoms with Gasteiger partial charge in [-0.3, -0.25) is 4.68 Å². The highest BCUT2D eigenvalue weighted by Crippen LogP contribution is 2.20. The Labute approximate surface area is 101 Å². The number of aromatic nitrogens is 3. The molecule has 2 rings (SSSR count). The van der Waals surface area contributed by atoms with Gasteiger partial charge in [0.05, 0.1) is 6.10 Å². The summed E-state index contributed by atoms with van der Waals surface area (Å²) >= 11 is 0. The average molecular weight is 231 g/mol. The number of aliphatic hydroxyl groups is 1. The van der Waals surface area contributed by atoms with Gasteiger partial charge >= 0.3 is 0 Å². The number of benzene rings is 1. The molecule has 0 aliphatic carbocycles. The maximum Gasteiger partial charge on any atom is 0.138 e. The average Bonchev–Trinajstić information content (AvgIpc) is 2.76. The second kappa shape index (κ2) is 5.10. The number of hydrogen-bond acceptors (Lipinski definition) is 3. The monoisotopic (exact) mass is 231 g/mol. The summed E-state index contributed by atoms with van der Waals surface area (Å²) in [5.74, 6) is 0.822. The van der Waals surface area contributed by atoms with Crippen molar-refractivity contribution >= 4 is 0 Å². The molecule has 0 radical (unpaired) electrons. The van der Waals surface area contributed by atoms with E-state index >= 15 is 0 Å². The minimum Gasteiger partial charge on any atom is -0.388 e. The highest BCUT2D eigenvalue weighted by atomic mass is 16.3. The molecule has 2 aromatic rings. The van der Waals surface area contributed by atoms with Gasteiger partial charge in [-0.25, -0.2) is 4.98 Å². The van der Waals surface area contributed by atoms with Gasteiger partial charge in [-0.05, 0) is 25.0 Å². The third kappa shape index (κ3) is 2.53. The second-order valence-corrected chi connectivity index (χ2v) is 4.07. The summed E-state index contributed by atoms with van der Waals surface area (Å²) in [5.41, 5.74) is 2.06. The molecule has 0 saturated heterocycles. The molecule has 0 saturated carbocycles. The van der Waals surface area contributed by atoms with Crippen LogP contribution in [-0.4, -0.2) is 19.9 Å². The molecule has 90 valence electrons. The molecule has 1 N–H and O–H groups in total. The van der Waals surface area contributed by atoms with Crippen LogP contribution in [0.4, 0.5) is 0 Å². The number of nitrogens with zero attached hydrogens (tertiary/aromatic N) is 3. The van der Waals surface area contributed by atoms with E-state index in [1.54, 1.807) is 0 Å². The van der Waals surface area contributed by atoms with Crippen molar-refractivity contribution in [1.82, 2.24) is 14.8 Å². The zero-order valence-electron chi connectivity index (χ0n) is 10.2. The zero-order valence-corrected chi connectivity index (χ0v) is 10.2. The van der Waals surface area contributed by atoms with Gasteiger partial charge in [-0.15, -0.1) is 0 Å². The van der Waals surface area contributed by atoms with Crippen LogP contribution >= 0.6 is 0 Å². The molecule has 4 nitrogen and oxygen atoms in total. The van der Waals surface area contributed by atoms with E-state index in [1.165, 1.54) is 6.33 Å². The van der Waals surface area contributed by atoms with E-state index in [4.69, 9.17) is 0 Å². The molecule has 4 heteroatoms. The summed E-state index contributed by atoms with van der Waals surface area (Å²) in [4.78, 5) is 4.17. The summed E-state index contributed by atoms with van der Waals surface area (Å²) in [5, 5.41) is 14.3. The Morgan fingerprint density at radius 1 is 1.35 bits per heavy atom. The van der Waals surface area contributed by atoms with E-state index in [9.17, 15) is 5.11 Å². The van der Waals surface area contributed by atoms with Crippen LogP contribution in [0.5, 0.6) is 0 Å².